The molecule has 0 aliphatic heterocycles. The van der Waals surface area contributed by atoms with E-state index in [0.717, 1.165) is 6.42 Å². The van der Waals surface area contributed by atoms with Gasteiger partial charge in [-0.05, 0) is 36.8 Å². The van der Waals surface area contributed by atoms with Gasteiger partial charge in [-0.25, -0.2) is 0 Å². The van der Waals surface area contributed by atoms with E-state index < -0.39 is 0 Å². The van der Waals surface area contributed by atoms with Crippen LogP contribution in [0, 0.1) is 6.92 Å². The Kier molecular flexibility index (Phi) is 6.03. The van der Waals surface area contributed by atoms with Crippen LogP contribution < -0.4 is 5.32 Å². The zero-order chi connectivity index (χ0) is 12.0. The number of rotatable bonds is 7. The second kappa shape index (κ2) is 7.05. The number of thiophene rings is 1. The molecule has 0 amide bonds. The van der Waals surface area contributed by atoms with Gasteiger partial charge < -0.3 is 10.4 Å². The third kappa shape index (κ3) is 3.58. The third-order valence-electron chi connectivity index (χ3n) is 2.97. The van der Waals surface area contributed by atoms with Crippen LogP contribution in [0.5, 0.6) is 0 Å². The molecule has 0 spiro atoms. The fourth-order valence-electron chi connectivity index (χ4n) is 1.99. The number of aliphatic hydroxyl groups excluding tert-OH is 1. The molecule has 3 heteroatoms. The monoisotopic (exact) mass is 241 g/mol. The molecule has 2 nitrogen and oxygen atoms in total. The normalized spacial score (nSPS) is 15.0. The smallest absolute Gasteiger partial charge is 0.0654 e. The number of aliphatic hydroxyl groups is 1. The molecule has 0 aliphatic carbocycles. The largest absolute Gasteiger partial charge is 0.394 e. The summed E-state index contributed by atoms with van der Waals surface area (Å²) in [6.07, 6.45) is 3.49. The van der Waals surface area contributed by atoms with Gasteiger partial charge in [-0.3, -0.25) is 0 Å². The van der Waals surface area contributed by atoms with E-state index in [-0.39, 0.29) is 12.6 Å². The molecule has 0 aliphatic rings. The molecule has 16 heavy (non-hydrogen) atoms. The van der Waals surface area contributed by atoms with Crippen molar-refractivity contribution in [1.82, 2.24) is 5.32 Å². The first-order valence-corrected chi connectivity index (χ1v) is 7.01. The van der Waals surface area contributed by atoms with E-state index in [2.05, 4.69) is 37.5 Å². The average molecular weight is 241 g/mol. The standard InChI is InChI=1S/C13H23NOS/c1-4-6-11(5-2)14-12(9-15)13-10(3)7-8-16-13/h7-8,11-12,14-15H,4-6,9H2,1-3H3. The van der Waals surface area contributed by atoms with Crippen molar-refractivity contribution in [3.8, 4) is 0 Å². The highest BCUT2D eigenvalue weighted by Crippen LogP contribution is 2.24. The Hall–Kier alpha value is -0.380. The zero-order valence-corrected chi connectivity index (χ0v) is 11.3. The van der Waals surface area contributed by atoms with Crippen molar-refractivity contribution in [3.05, 3.63) is 21.9 Å². The van der Waals surface area contributed by atoms with Crippen molar-refractivity contribution in [1.29, 1.82) is 0 Å². The van der Waals surface area contributed by atoms with Crippen molar-refractivity contribution in [3.63, 3.8) is 0 Å². The minimum Gasteiger partial charge on any atom is -0.394 e. The average Bonchev–Trinajstić information content (AvgIpc) is 2.71. The maximum atomic E-state index is 9.48. The number of hydrogen-bond acceptors (Lipinski definition) is 3. The van der Waals surface area contributed by atoms with Crippen LogP contribution in [-0.4, -0.2) is 17.8 Å². The molecule has 0 saturated heterocycles. The SMILES string of the molecule is CCCC(CC)NC(CO)c1sccc1C. The van der Waals surface area contributed by atoms with Gasteiger partial charge in [0.25, 0.3) is 0 Å². The maximum Gasteiger partial charge on any atom is 0.0654 e. The fraction of sp³-hybridized carbons (Fsp3) is 0.692. The molecule has 92 valence electrons. The van der Waals surface area contributed by atoms with Crippen LogP contribution >= 0.6 is 11.3 Å². The van der Waals surface area contributed by atoms with Crippen molar-refractivity contribution >= 4 is 11.3 Å². The van der Waals surface area contributed by atoms with Crippen LogP contribution in [0.25, 0.3) is 0 Å². The molecule has 1 aromatic heterocycles. The van der Waals surface area contributed by atoms with Gasteiger partial charge in [0.15, 0.2) is 0 Å². The minimum absolute atomic E-state index is 0.108. The number of hydrogen-bond donors (Lipinski definition) is 2. The van der Waals surface area contributed by atoms with Crippen LogP contribution in [0.2, 0.25) is 0 Å². The Labute approximate surface area is 103 Å². The molecule has 1 rings (SSSR count). The summed E-state index contributed by atoms with van der Waals surface area (Å²) in [5.41, 5.74) is 1.28. The van der Waals surface area contributed by atoms with Crippen LogP contribution in [0.1, 0.15) is 49.6 Å². The van der Waals surface area contributed by atoms with Gasteiger partial charge >= 0.3 is 0 Å². The Morgan fingerprint density at radius 3 is 2.62 bits per heavy atom. The molecule has 0 aromatic carbocycles. The first kappa shape index (κ1) is 13.7. The molecule has 1 heterocycles. The molecule has 2 unspecified atom stereocenters. The van der Waals surface area contributed by atoms with Gasteiger partial charge in [0, 0.05) is 10.9 Å². The first-order chi connectivity index (χ1) is 7.72. The number of aryl methyl sites for hydroxylation is 1. The lowest BCUT2D eigenvalue weighted by atomic mass is 10.1. The van der Waals surface area contributed by atoms with Crippen molar-refractivity contribution < 1.29 is 5.11 Å². The van der Waals surface area contributed by atoms with Crippen molar-refractivity contribution in [2.24, 2.45) is 0 Å². The summed E-state index contributed by atoms with van der Waals surface area (Å²) in [6.45, 7) is 6.69. The van der Waals surface area contributed by atoms with Crippen molar-refractivity contribution in [2.75, 3.05) is 6.61 Å². The van der Waals surface area contributed by atoms with E-state index in [4.69, 9.17) is 0 Å². The summed E-state index contributed by atoms with van der Waals surface area (Å²) in [5, 5.41) is 15.1. The Morgan fingerprint density at radius 2 is 2.19 bits per heavy atom. The summed E-state index contributed by atoms with van der Waals surface area (Å²) in [6, 6.07) is 2.74. The second-order valence-electron chi connectivity index (χ2n) is 4.26. The van der Waals surface area contributed by atoms with E-state index in [0.29, 0.717) is 6.04 Å². The summed E-state index contributed by atoms with van der Waals surface area (Å²) >= 11 is 1.73. The summed E-state index contributed by atoms with van der Waals surface area (Å²) < 4.78 is 0. The van der Waals surface area contributed by atoms with Crippen LogP contribution in [0.15, 0.2) is 11.4 Å². The summed E-state index contributed by atoms with van der Waals surface area (Å²) in [5.74, 6) is 0. The molecule has 0 radical (unpaired) electrons. The number of nitrogens with one attached hydrogen (secondary N) is 1. The van der Waals surface area contributed by atoms with Crippen LogP contribution in [-0.2, 0) is 0 Å². The Bertz CT molecular complexity index is 298. The van der Waals surface area contributed by atoms with Gasteiger partial charge in [-0.2, -0.15) is 0 Å². The molecule has 0 bridgehead atoms. The third-order valence-corrected chi connectivity index (χ3v) is 4.10. The van der Waals surface area contributed by atoms with Crippen molar-refractivity contribution in [2.45, 2.75) is 52.1 Å². The second-order valence-corrected chi connectivity index (χ2v) is 5.21. The van der Waals surface area contributed by atoms with Gasteiger partial charge in [-0.1, -0.05) is 20.3 Å². The lowest BCUT2D eigenvalue weighted by Gasteiger charge is -2.23. The van der Waals surface area contributed by atoms with Gasteiger partial charge in [-0.15, -0.1) is 11.3 Å². The molecule has 0 fully saturated rings. The molecular weight excluding hydrogens is 218 g/mol. The molecular formula is C13H23NOS. The predicted octanol–water partition coefficient (Wildman–Crippen LogP) is 3.26. The van der Waals surface area contributed by atoms with E-state index >= 15 is 0 Å². The van der Waals surface area contributed by atoms with E-state index in [1.165, 1.54) is 23.3 Å². The predicted molar refractivity (Wildman–Crippen MR) is 71.0 cm³/mol. The van der Waals surface area contributed by atoms with Gasteiger partial charge in [0.2, 0.25) is 0 Å². The van der Waals surface area contributed by atoms with Gasteiger partial charge in [0.05, 0.1) is 12.6 Å². The van der Waals surface area contributed by atoms with E-state index in [1.807, 2.05) is 0 Å². The quantitative estimate of drug-likeness (QED) is 0.768. The highest BCUT2D eigenvalue weighted by molar-refractivity contribution is 7.10. The zero-order valence-electron chi connectivity index (χ0n) is 10.5. The Balaban J connectivity index is 2.64. The van der Waals surface area contributed by atoms with Gasteiger partial charge in [0.1, 0.15) is 0 Å². The van der Waals surface area contributed by atoms with Crippen LogP contribution in [0.3, 0.4) is 0 Å². The summed E-state index contributed by atoms with van der Waals surface area (Å²) in [4.78, 5) is 1.28. The Morgan fingerprint density at radius 1 is 1.44 bits per heavy atom. The molecule has 0 saturated carbocycles. The molecule has 1 aromatic rings. The lowest BCUT2D eigenvalue weighted by molar-refractivity contribution is 0.230. The minimum atomic E-state index is 0.108. The fourth-order valence-corrected chi connectivity index (χ4v) is 2.97. The lowest BCUT2D eigenvalue weighted by Crippen LogP contribution is -2.34. The highest BCUT2D eigenvalue weighted by Gasteiger charge is 2.17. The van der Waals surface area contributed by atoms with E-state index in [1.54, 1.807) is 11.3 Å². The molecule has 2 N–H and O–H groups in total. The highest BCUT2D eigenvalue weighted by atomic mass is 32.1. The molecule has 2 atom stereocenters. The first-order valence-electron chi connectivity index (χ1n) is 6.13. The topological polar surface area (TPSA) is 32.3 Å². The summed E-state index contributed by atoms with van der Waals surface area (Å²) in [7, 11) is 0. The van der Waals surface area contributed by atoms with Crippen LogP contribution in [0.4, 0.5) is 0 Å². The maximum absolute atomic E-state index is 9.48. The van der Waals surface area contributed by atoms with E-state index in [9.17, 15) is 5.11 Å².